The Bertz CT molecular complexity index is 653. The first-order chi connectivity index (χ1) is 9.47. The van der Waals surface area contributed by atoms with Crippen LogP contribution in [-0.4, -0.2) is 22.8 Å². The molecule has 0 atom stereocenters. The van der Waals surface area contributed by atoms with Gasteiger partial charge in [0, 0.05) is 18.6 Å². The lowest BCUT2D eigenvalue weighted by molar-refractivity contribution is -0.402. The molecule has 0 fully saturated rings. The number of halogens is 1. The van der Waals surface area contributed by atoms with Gasteiger partial charge in [0.25, 0.3) is 5.91 Å². The standard InChI is InChI=1S/C13H11ClN2O4/c1-15(8-9-3-2-4-10(14)7-9)13(17)11-5-6-12(20-11)16(18)19/h2-7H,8H2,1H3. The lowest BCUT2D eigenvalue weighted by Gasteiger charge is -2.15. The molecule has 0 aliphatic heterocycles. The summed E-state index contributed by atoms with van der Waals surface area (Å²) >= 11 is 5.87. The van der Waals surface area contributed by atoms with Crippen molar-refractivity contribution in [1.29, 1.82) is 0 Å². The number of nitrogens with zero attached hydrogens (tertiary/aromatic N) is 2. The highest BCUT2D eigenvalue weighted by Gasteiger charge is 2.20. The molecule has 2 aromatic rings. The van der Waals surface area contributed by atoms with E-state index in [2.05, 4.69) is 0 Å². The molecule has 0 aliphatic rings. The van der Waals surface area contributed by atoms with Crippen LogP contribution in [0, 0.1) is 10.1 Å². The molecule has 6 nitrogen and oxygen atoms in total. The fraction of sp³-hybridized carbons (Fsp3) is 0.154. The molecule has 0 N–H and O–H groups in total. The molecule has 0 unspecified atom stereocenters. The Kier molecular flexibility index (Phi) is 4.05. The summed E-state index contributed by atoms with van der Waals surface area (Å²) in [6.45, 7) is 0.327. The van der Waals surface area contributed by atoms with Gasteiger partial charge in [-0.2, -0.15) is 0 Å². The van der Waals surface area contributed by atoms with Crippen LogP contribution in [0.4, 0.5) is 5.88 Å². The second kappa shape index (κ2) is 5.75. The molecule has 0 saturated carbocycles. The maximum Gasteiger partial charge on any atom is 0.433 e. The van der Waals surface area contributed by atoms with Gasteiger partial charge in [0.15, 0.2) is 5.76 Å². The quantitative estimate of drug-likeness (QED) is 0.641. The number of amides is 1. The van der Waals surface area contributed by atoms with Gasteiger partial charge < -0.3 is 9.32 Å². The van der Waals surface area contributed by atoms with Crippen molar-refractivity contribution in [3.05, 3.63) is 62.9 Å². The molecule has 0 aliphatic carbocycles. The normalized spacial score (nSPS) is 10.3. The van der Waals surface area contributed by atoms with Crippen LogP contribution >= 0.6 is 11.6 Å². The molecule has 1 heterocycles. The Morgan fingerprint density at radius 2 is 2.15 bits per heavy atom. The van der Waals surface area contributed by atoms with E-state index < -0.39 is 16.7 Å². The second-order valence-electron chi connectivity index (χ2n) is 4.19. The number of furan rings is 1. The molecule has 2 rings (SSSR count). The van der Waals surface area contributed by atoms with Crippen molar-refractivity contribution in [2.75, 3.05) is 7.05 Å². The van der Waals surface area contributed by atoms with Gasteiger partial charge in [0.1, 0.15) is 4.92 Å². The largest absolute Gasteiger partial charge is 0.433 e. The Morgan fingerprint density at radius 1 is 1.40 bits per heavy atom. The van der Waals surface area contributed by atoms with E-state index in [1.807, 2.05) is 6.07 Å². The molecule has 0 spiro atoms. The number of hydrogen-bond acceptors (Lipinski definition) is 4. The van der Waals surface area contributed by atoms with E-state index in [0.29, 0.717) is 11.6 Å². The fourth-order valence-corrected chi connectivity index (χ4v) is 1.92. The monoisotopic (exact) mass is 294 g/mol. The number of carbonyl (C=O) groups is 1. The summed E-state index contributed by atoms with van der Waals surface area (Å²) in [4.78, 5) is 23.3. The summed E-state index contributed by atoms with van der Waals surface area (Å²) < 4.78 is 4.87. The molecule has 1 aromatic heterocycles. The number of benzene rings is 1. The van der Waals surface area contributed by atoms with Gasteiger partial charge in [-0.05, 0) is 23.8 Å². The molecular formula is C13H11ClN2O4. The highest BCUT2D eigenvalue weighted by Crippen LogP contribution is 2.18. The third-order valence-corrected chi connectivity index (χ3v) is 2.87. The summed E-state index contributed by atoms with van der Waals surface area (Å²) in [6, 6.07) is 9.54. The molecule has 0 radical (unpaired) electrons. The van der Waals surface area contributed by atoms with Gasteiger partial charge in [0.2, 0.25) is 0 Å². The summed E-state index contributed by atoms with van der Waals surface area (Å²) in [5.41, 5.74) is 0.856. The number of nitro groups is 1. The first-order valence-corrected chi connectivity index (χ1v) is 6.09. The molecule has 0 saturated heterocycles. The van der Waals surface area contributed by atoms with Crippen molar-refractivity contribution >= 4 is 23.4 Å². The van der Waals surface area contributed by atoms with E-state index in [1.165, 1.54) is 11.0 Å². The van der Waals surface area contributed by atoms with Crippen molar-refractivity contribution in [1.82, 2.24) is 4.90 Å². The minimum Gasteiger partial charge on any atom is -0.395 e. The van der Waals surface area contributed by atoms with Gasteiger partial charge in [-0.1, -0.05) is 23.7 Å². The molecule has 104 valence electrons. The zero-order valence-electron chi connectivity index (χ0n) is 10.6. The Balaban J connectivity index is 2.10. The van der Waals surface area contributed by atoms with E-state index in [0.717, 1.165) is 11.6 Å². The van der Waals surface area contributed by atoms with Gasteiger partial charge in [-0.15, -0.1) is 0 Å². The highest BCUT2D eigenvalue weighted by atomic mass is 35.5. The summed E-state index contributed by atoms with van der Waals surface area (Å²) in [7, 11) is 1.58. The van der Waals surface area contributed by atoms with Gasteiger partial charge in [-0.3, -0.25) is 14.9 Å². The smallest absolute Gasteiger partial charge is 0.395 e. The maximum absolute atomic E-state index is 12.0. The molecule has 0 bridgehead atoms. The van der Waals surface area contributed by atoms with Crippen LogP contribution in [0.15, 0.2) is 40.8 Å². The average molecular weight is 295 g/mol. The van der Waals surface area contributed by atoms with Crippen LogP contribution in [0.1, 0.15) is 16.1 Å². The van der Waals surface area contributed by atoms with Gasteiger partial charge in [0.05, 0.1) is 6.07 Å². The van der Waals surface area contributed by atoms with E-state index in [4.69, 9.17) is 16.0 Å². The number of rotatable bonds is 4. The van der Waals surface area contributed by atoms with Crippen LogP contribution in [0.5, 0.6) is 0 Å². The predicted octanol–water partition coefficient (Wildman–Crippen LogP) is 3.11. The predicted molar refractivity (Wildman–Crippen MR) is 72.6 cm³/mol. The topological polar surface area (TPSA) is 76.6 Å². The zero-order valence-corrected chi connectivity index (χ0v) is 11.3. The first-order valence-electron chi connectivity index (χ1n) is 5.71. The van der Waals surface area contributed by atoms with Crippen molar-refractivity contribution in [3.8, 4) is 0 Å². The van der Waals surface area contributed by atoms with Crippen molar-refractivity contribution in [2.24, 2.45) is 0 Å². The molecular weight excluding hydrogens is 284 g/mol. The van der Waals surface area contributed by atoms with Crippen LogP contribution in [0.25, 0.3) is 0 Å². The number of carbonyl (C=O) groups excluding carboxylic acids is 1. The minimum atomic E-state index is -0.687. The van der Waals surface area contributed by atoms with Crippen LogP contribution in [-0.2, 0) is 6.54 Å². The van der Waals surface area contributed by atoms with E-state index in [9.17, 15) is 14.9 Å². The lowest BCUT2D eigenvalue weighted by atomic mass is 10.2. The summed E-state index contributed by atoms with van der Waals surface area (Å²) in [6.07, 6.45) is 0. The third kappa shape index (κ3) is 3.16. The van der Waals surface area contributed by atoms with E-state index in [1.54, 1.807) is 25.2 Å². The second-order valence-corrected chi connectivity index (χ2v) is 4.62. The maximum atomic E-state index is 12.0. The first kappa shape index (κ1) is 14.1. The zero-order chi connectivity index (χ0) is 14.7. The van der Waals surface area contributed by atoms with Gasteiger partial charge >= 0.3 is 5.88 Å². The summed E-state index contributed by atoms with van der Waals surface area (Å²) in [5, 5.41) is 11.1. The third-order valence-electron chi connectivity index (χ3n) is 2.64. The highest BCUT2D eigenvalue weighted by molar-refractivity contribution is 6.30. The lowest BCUT2D eigenvalue weighted by Crippen LogP contribution is -2.25. The molecule has 20 heavy (non-hydrogen) atoms. The summed E-state index contributed by atoms with van der Waals surface area (Å²) in [5.74, 6) is -0.955. The minimum absolute atomic E-state index is 0.0683. The van der Waals surface area contributed by atoms with Crippen molar-refractivity contribution in [2.45, 2.75) is 6.54 Å². The fourth-order valence-electron chi connectivity index (χ4n) is 1.71. The molecule has 1 amide bonds. The molecule has 1 aromatic carbocycles. The Morgan fingerprint density at radius 3 is 2.75 bits per heavy atom. The van der Waals surface area contributed by atoms with Crippen LogP contribution < -0.4 is 0 Å². The Hall–Kier alpha value is -2.34. The Labute approximate surface area is 119 Å². The SMILES string of the molecule is CN(Cc1cccc(Cl)c1)C(=O)c1ccc([N+](=O)[O-])o1. The number of hydrogen-bond donors (Lipinski definition) is 0. The van der Waals surface area contributed by atoms with Crippen LogP contribution in [0.3, 0.4) is 0 Å². The molecule has 7 heteroatoms. The average Bonchev–Trinajstić information content (AvgIpc) is 2.87. The van der Waals surface area contributed by atoms with E-state index >= 15 is 0 Å². The van der Waals surface area contributed by atoms with Crippen molar-refractivity contribution in [3.63, 3.8) is 0 Å². The van der Waals surface area contributed by atoms with E-state index in [-0.39, 0.29) is 5.76 Å². The van der Waals surface area contributed by atoms with Gasteiger partial charge in [-0.25, -0.2) is 0 Å². The van der Waals surface area contributed by atoms with Crippen molar-refractivity contribution < 1.29 is 14.1 Å². The van der Waals surface area contributed by atoms with Crippen LogP contribution in [0.2, 0.25) is 5.02 Å².